The van der Waals surface area contributed by atoms with Crippen LogP contribution in [0.5, 0.6) is 0 Å². The Hall–Kier alpha value is -2.88. The molecule has 1 aromatic carbocycles. The molecule has 2 rings (SSSR count). The van der Waals surface area contributed by atoms with Gasteiger partial charge in [0.15, 0.2) is 11.5 Å². The van der Waals surface area contributed by atoms with E-state index in [0.29, 0.717) is 18.1 Å². The maximum atomic E-state index is 13.6. The summed E-state index contributed by atoms with van der Waals surface area (Å²) in [7, 11) is 5.11. The molecule has 10 heteroatoms. The van der Waals surface area contributed by atoms with Crippen LogP contribution in [0.25, 0.3) is 5.70 Å². The number of allylic oxidation sites excluding steroid dienone is 5. The van der Waals surface area contributed by atoms with Gasteiger partial charge in [-0.2, -0.15) is 4.98 Å². The monoisotopic (exact) mass is 608 g/mol. The molecular weight excluding hydrogens is 572 g/mol. The molecule has 0 spiro atoms. The molecule has 8 nitrogen and oxygen atoms in total. The van der Waals surface area contributed by atoms with Gasteiger partial charge in [-0.05, 0) is 51.5 Å². The Bertz CT molecular complexity index is 1190. The minimum atomic E-state index is -0.929. The molecule has 0 atom stereocenters. The molecule has 0 aliphatic rings. The molecule has 1 amide bonds. The fraction of sp³-hybridized carbons (Fsp3) is 0.393. The fourth-order valence-electron chi connectivity index (χ4n) is 3.36. The average molecular weight is 610 g/mol. The molecule has 1 heterocycles. The van der Waals surface area contributed by atoms with Crippen LogP contribution in [0.1, 0.15) is 61.9 Å². The van der Waals surface area contributed by atoms with E-state index in [0.717, 1.165) is 4.47 Å². The van der Waals surface area contributed by atoms with Gasteiger partial charge in [0.1, 0.15) is 5.60 Å². The smallest absolute Gasteiger partial charge is 0.359 e. The second kappa shape index (κ2) is 15.5. The van der Waals surface area contributed by atoms with Gasteiger partial charge in [0, 0.05) is 31.4 Å². The minimum absolute atomic E-state index is 0.0370. The highest BCUT2D eigenvalue weighted by Crippen LogP contribution is 2.31. The lowest BCUT2D eigenvalue weighted by atomic mass is 10.1. The first-order valence-corrected chi connectivity index (χ1v) is 13.4. The Kier molecular flexibility index (Phi) is 13.5. The number of rotatable bonds is 11. The second-order valence-corrected chi connectivity index (χ2v) is 9.98. The Morgan fingerprint density at radius 1 is 1.29 bits per heavy atom. The number of halogens is 2. The van der Waals surface area contributed by atoms with Crippen LogP contribution in [-0.4, -0.2) is 54.8 Å². The largest absolute Gasteiger partial charge is 0.452 e. The summed E-state index contributed by atoms with van der Waals surface area (Å²) >= 11 is 9.63. The number of imidazole rings is 1. The van der Waals surface area contributed by atoms with E-state index in [-0.39, 0.29) is 28.7 Å². The van der Waals surface area contributed by atoms with Crippen LogP contribution in [0.2, 0.25) is 5.02 Å². The normalized spacial score (nSPS) is 11.6. The third kappa shape index (κ3) is 8.85. The SMILES string of the molecule is C=CCC=C(/C=C\C)n1c(N(C)C)nc(NC(=O)c2ccc(Br)cc2Cl)c1C(=O)OC(C)(C)COC.CC. The zero-order valence-corrected chi connectivity index (χ0v) is 25.7. The first-order valence-electron chi connectivity index (χ1n) is 12.2. The zero-order valence-electron chi connectivity index (χ0n) is 23.4. The number of amides is 1. The average Bonchev–Trinajstić information content (AvgIpc) is 3.22. The molecule has 0 aliphatic carbocycles. The molecule has 1 aromatic heterocycles. The molecular formula is C28H38BrClN4O4. The van der Waals surface area contributed by atoms with Crippen LogP contribution in [0, 0.1) is 0 Å². The number of anilines is 2. The number of carbonyl (C=O) groups excluding carboxylic acids is 2. The second-order valence-electron chi connectivity index (χ2n) is 8.65. The topological polar surface area (TPSA) is 85.7 Å². The highest BCUT2D eigenvalue weighted by Gasteiger charge is 2.32. The van der Waals surface area contributed by atoms with Crippen molar-refractivity contribution in [3.63, 3.8) is 0 Å². The maximum absolute atomic E-state index is 13.6. The first kappa shape index (κ1) is 33.1. The van der Waals surface area contributed by atoms with Crippen LogP contribution >= 0.6 is 27.5 Å². The molecule has 0 saturated heterocycles. The molecule has 0 aliphatic heterocycles. The predicted octanol–water partition coefficient (Wildman–Crippen LogP) is 7.22. The van der Waals surface area contributed by atoms with Crippen molar-refractivity contribution in [3.05, 3.63) is 69.8 Å². The number of nitrogens with one attached hydrogen (secondary N) is 1. The van der Waals surface area contributed by atoms with Crippen LogP contribution < -0.4 is 10.2 Å². The van der Waals surface area contributed by atoms with Gasteiger partial charge in [0.2, 0.25) is 5.95 Å². The van der Waals surface area contributed by atoms with Crippen molar-refractivity contribution in [1.29, 1.82) is 0 Å². The lowest BCUT2D eigenvalue weighted by Gasteiger charge is -2.25. The van der Waals surface area contributed by atoms with E-state index >= 15 is 0 Å². The van der Waals surface area contributed by atoms with Crippen molar-refractivity contribution < 1.29 is 19.1 Å². The van der Waals surface area contributed by atoms with Gasteiger partial charge in [-0.1, -0.05) is 59.6 Å². The van der Waals surface area contributed by atoms with Crippen molar-refractivity contribution in [2.24, 2.45) is 0 Å². The van der Waals surface area contributed by atoms with Gasteiger partial charge in [-0.3, -0.25) is 9.36 Å². The van der Waals surface area contributed by atoms with Crippen LogP contribution in [0.4, 0.5) is 11.8 Å². The highest BCUT2D eigenvalue weighted by atomic mass is 79.9. The molecule has 0 fully saturated rings. The van der Waals surface area contributed by atoms with E-state index < -0.39 is 17.5 Å². The third-order valence-electron chi connectivity index (χ3n) is 4.81. The molecule has 208 valence electrons. The summed E-state index contributed by atoms with van der Waals surface area (Å²) in [5.74, 6) is -0.744. The Morgan fingerprint density at radius 2 is 1.95 bits per heavy atom. The summed E-state index contributed by atoms with van der Waals surface area (Å²) in [4.78, 5) is 33.1. The van der Waals surface area contributed by atoms with Crippen LogP contribution in [0.15, 0.2) is 53.6 Å². The number of nitrogens with zero attached hydrogens (tertiary/aromatic N) is 3. The van der Waals surface area contributed by atoms with Crippen molar-refractivity contribution in [3.8, 4) is 0 Å². The van der Waals surface area contributed by atoms with Gasteiger partial charge in [-0.25, -0.2) is 4.79 Å². The Labute approximate surface area is 239 Å². The molecule has 0 bridgehead atoms. The van der Waals surface area contributed by atoms with E-state index in [1.165, 1.54) is 7.11 Å². The molecule has 1 N–H and O–H groups in total. The van der Waals surface area contributed by atoms with Crippen molar-refractivity contribution in [1.82, 2.24) is 9.55 Å². The number of aromatic nitrogens is 2. The summed E-state index contributed by atoms with van der Waals surface area (Å²) in [6, 6.07) is 4.90. The number of benzene rings is 1. The highest BCUT2D eigenvalue weighted by molar-refractivity contribution is 9.10. The van der Waals surface area contributed by atoms with Gasteiger partial charge in [-0.15, -0.1) is 6.58 Å². The number of carbonyl (C=O) groups is 2. The molecule has 0 unspecified atom stereocenters. The van der Waals surface area contributed by atoms with Gasteiger partial charge in [0.05, 0.1) is 17.2 Å². The molecule has 38 heavy (non-hydrogen) atoms. The van der Waals surface area contributed by atoms with E-state index in [1.807, 2.05) is 39.0 Å². The van der Waals surface area contributed by atoms with E-state index in [1.54, 1.807) is 61.7 Å². The standard InChI is InChI=1S/C26H32BrClN4O4.C2H6/c1-8-10-12-18(11-9-2)32-21(24(34)36-26(3,4)16-35-7)22(30-25(32)31(5)6)29-23(33)19-14-13-17(27)15-20(19)28;1-2/h8-9,11-15H,1,10,16H2,2-7H3,(H,29,33);1-2H3/b11-9-,18-12?;. The van der Waals surface area contributed by atoms with Crippen molar-refractivity contribution in [2.45, 2.75) is 46.6 Å². The predicted molar refractivity (Wildman–Crippen MR) is 160 cm³/mol. The van der Waals surface area contributed by atoms with Crippen molar-refractivity contribution in [2.75, 3.05) is 38.0 Å². The molecule has 0 radical (unpaired) electrons. The fourth-order valence-corrected chi connectivity index (χ4v) is 4.12. The molecule has 2 aromatic rings. The van der Waals surface area contributed by atoms with Crippen LogP contribution in [0.3, 0.4) is 0 Å². The first-order chi connectivity index (χ1) is 17.9. The number of hydrogen-bond donors (Lipinski definition) is 1. The Morgan fingerprint density at radius 3 is 2.47 bits per heavy atom. The summed E-state index contributed by atoms with van der Waals surface area (Å²) in [6.45, 7) is 13.3. The minimum Gasteiger partial charge on any atom is -0.452 e. The number of methoxy groups -OCH3 is 1. The summed E-state index contributed by atoms with van der Waals surface area (Å²) in [5.41, 5.74) is 0.0158. The lowest BCUT2D eigenvalue weighted by Crippen LogP contribution is -2.34. The maximum Gasteiger partial charge on any atom is 0.359 e. The number of hydrogen-bond acceptors (Lipinski definition) is 6. The van der Waals surface area contributed by atoms with E-state index in [2.05, 4.69) is 32.8 Å². The van der Waals surface area contributed by atoms with Crippen LogP contribution in [-0.2, 0) is 9.47 Å². The van der Waals surface area contributed by atoms with E-state index in [9.17, 15) is 9.59 Å². The van der Waals surface area contributed by atoms with Gasteiger partial charge in [0.25, 0.3) is 5.91 Å². The third-order valence-corrected chi connectivity index (χ3v) is 5.62. The quantitative estimate of drug-likeness (QED) is 0.165. The zero-order chi connectivity index (χ0) is 29.0. The van der Waals surface area contributed by atoms with Crippen molar-refractivity contribution >= 4 is 56.9 Å². The lowest BCUT2D eigenvalue weighted by molar-refractivity contribution is -0.0369. The number of esters is 1. The number of ether oxygens (including phenoxy) is 2. The van der Waals surface area contributed by atoms with Gasteiger partial charge < -0.3 is 19.7 Å². The molecule has 0 saturated carbocycles. The Balaban J connectivity index is 0.00000352. The van der Waals surface area contributed by atoms with Gasteiger partial charge >= 0.3 is 5.97 Å². The summed E-state index contributed by atoms with van der Waals surface area (Å²) < 4.78 is 13.4. The summed E-state index contributed by atoms with van der Waals surface area (Å²) in [5, 5.41) is 3.00. The van der Waals surface area contributed by atoms with E-state index in [4.69, 9.17) is 21.1 Å². The summed E-state index contributed by atoms with van der Waals surface area (Å²) in [6.07, 6.45) is 7.87.